The molecule has 246 valence electrons. The topological polar surface area (TPSA) is 146 Å². The summed E-state index contributed by atoms with van der Waals surface area (Å²) in [6, 6.07) is 7.82. The van der Waals surface area contributed by atoms with E-state index in [0.29, 0.717) is 5.69 Å². The number of hydrogen-bond acceptors (Lipinski definition) is 6. The maximum atomic E-state index is 13.1. The average Bonchev–Trinajstić information content (AvgIpc) is 3.40. The second-order valence-electron chi connectivity index (χ2n) is 9.97. The zero-order chi connectivity index (χ0) is 33.6. The smallest absolute Gasteiger partial charge is 0.573 e. The Morgan fingerprint density at radius 1 is 1.04 bits per heavy atom. The van der Waals surface area contributed by atoms with E-state index >= 15 is 0 Å². The molecule has 17 heteroatoms. The van der Waals surface area contributed by atoms with Crippen LogP contribution in [0.5, 0.6) is 5.75 Å². The lowest BCUT2D eigenvalue weighted by Gasteiger charge is -2.38. The van der Waals surface area contributed by atoms with Crippen molar-refractivity contribution in [3.63, 3.8) is 0 Å². The molecule has 0 bridgehead atoms. The molecule has 1 saturated heterocycles. The van der Waals surface area contributed by atoms with Crippen LogP contribution in [-0.2, 0) is 45.5 Å². The van der Waals surface area contributed by atoms with E-state index in [1.54, 1.807) is 29.9 Å². The fourth-order valence-corrected chi connectivity index (χ4v) is 5.89. The number of aliphatic carboxylic acids is 1. The minimum absolute atomic E-state index is 0.0344. The van der Waals surface area contributed by atoms with Gasteiger partial charge in [0.1, 0.15) is 11.8 Å². The molecule has 4 rings (SSSR count). The Bertz CT molecular complexity index is 1560. The lowest BCUT2D eigenvalue weighted by Crippen LogP contribution is -2.59. The molecule has 1 aromatic heterocycles. The number of carbonyl (C=O) groups is 2. The molecule has 0 unspecified atom stereocenters. The lowest BCUT2D eigenvalue weighted by molar-refractivity contribution is -0.274. The number of amides is 1. The Morgan fingerprint density at radius 3 is 2.16 bits per heavy atom. The third kappa shape index (κ3) is 9.45. The number of aromatic nitrogens is 2. The minimum Gasteiger partial charge on any atom is -0.674 e. The number of alkyl halides is 5. The molecule has 0 radical (unpaired) electrons. The van der Waals surface area contributed by atoms with Gasteiger partial charge >= 0.3 is 12.3 Å². The predicted octanol–water partition coefficient (Wildman–Crippen LogP) is 4.59. The Kier molecular flexibility index (Phi) is 11.3. The highest BCUT2D eigenvalue weighted by Crippen LogP contribution is 2.31. The number of hydrogen-bond donors (Lipinski definition) is 1. The highest BCUT2D eigenvalue weighted by atomic mass is 32.2. The number of benzene rings is 2. The summed E-state index contributed by atoms with van der Waals surface area (Å²) in [5.74, 6) is -5.21. The zero-order valence-electron chi connectivity index (χ0n) is 24.2. The van der Waals surface area contributed by atoms with Crippen LogP contribution in [0.3, 0.4) is 0 Å². The van der Waals surface area contributed by atoms with E-state index in [0.717, 1.165) is 34.1 Å². The van der Waals surface area contributed by atoms with Gasteiger partial charge < -0.3 is 25.0 Å². The van der Waals surface area contributed by atoms with E-state index in [2.05, 4.69) is 9.72 Å². The third-order valence-electron chi connectivity index (χ3n) is 6.75. The molecule has 1 aliphatic heterocycles. The van der Waals surface area contributed by atoms with Gasteiger partial charge in [0, 0.05) is 44.9 Å². The molecule has 1 amide bonds. The van der Waals surface area contributed by atoms with Gasteiger partial charge in [0.2, 0.25) is 15.9 Å². The first-order valence-corrected chi connectivity index (χ1v) is 14.9. The van der Waals surface area contributed by atoms with Crippen LogP contribution in [0.2, 0.25) is 0 Å². The Hall–Kier alpha value is -4.09. The van der Waals surface area contributed by atoms with Crippen molar-refractivity contribution in [1.29, 1.82) is 0 Å². The first kappa shape index (κ1) is 35.4. The van der Waals surface area contributed by atoms with Crippen molar-refractivity contribution < 1.29 is 49.8 Å². The molecule has 0 spiro atoms. The molecule has 1 fully saturated rings. The molecule has 2 heterocycles. The summed E-state index contributed by atoms with van der Waals surface area (Å²) in [7, 11) is -2.63. The Balaban J connectivity index is 0.000000355. The number of nitrogens with one attached hydrogen (secondary N) is 1. The third-order valence-corrected chi connectivity index (χ3v) is 8.67. The van der Waals surface area contributed by atoms with Crippen LogP contribution in [0, 0.1) is 0 Å². The van der Waals surface area contributed by atoms with Crippen molar-refractivity contribution in [3.05, 3.63) is 83.6 Å². The van der Waals surface area contributed by atoms with Crippen molar-refractivity contribution >= 4 is 21.9 Å². The number of sulfonamides is 1. The number of nitrogens with zero attached hydrogens (tertiary/aromatic N) is 4. The van der Waals surface area contributed by atoms with Crippen molar-refractivity contribution in [2.75, 3.05) is 19.6 Å². The average molecular weight is 661 g/mol. The molecule has 11 nitrogen and oxygen atoms in total. The Morgan fingerprint density at radius 2 is 1.67 bits per heavy atom. The van der Waals surface area contributed by atoms with Crippen LogP contribution in [0.15, 0.2) is 66.0 Å². The lowest BCUT2D eigenvalue weighted by atomic mass is 10.0. The van der Waals surface area contributed by atoms with E-state index in [-0.39, 0.29) is 44.6 Å². The largest absolute Gasteiger partial charge is 0.674 e. The number of halogens is 5. The molecular formula is C28H31F5N5O6S-. The number of carboxylic acid groups (broad SMARTS) is 1. The van der Waals surface area contributed by atoms with Gasteiger partial charge in [-0.25, -0.2) is 22.2 Å². The monoisotopic (exact) mass is 660 g/mol. The first-order valence-electron chi connectivity index (χ1n) is 13.4. The molecule has 2 aromatic carbocycles. The van der Waals surface area contributed by atoms with E-state index in [1.807, 2.05) is 0 Å². The van der Waals surface area contributed by atoms with E-state index < -0.39 is 50.9 Å². The van der Waals surface area contributed by atoms with Gasteiger partial charge in [-0.2, -0.15) is 4.31 Å². The van der Waals surface area contributed by atoms with Gasteiger partial charge in [0.25, 0.3) is 5.92 Å². The van der Waals surface area contributed by atoms with Crippen LogP contribution in [0.25, 0.3) is 5.73 Å². The van der Waals surface area contributed by atoms with E-state index in [4.69, 9.17) is 5.73 Å². The van der Waals surface area contributed by atoms with Gasteiger partial charge in [-0.3, -0.25) is 9.59 Å². The van der Waals surface area contributed by atoms with Gasteiger partial charge in [0.15, 0.2) is 0 Å². The van der Waals surface area contributed by atoms with Gasteiger partial charge in [0.05, 0.1) is 23.3 Å². The summed E-state index contributed by atoms with van der Waals surface area (Å²) in [5.41, 5.74) is 8.31. The second-order valence-corrected chi connectivity index (χ2v) is 11.9. The fraction of sp³-hybridized carbons (Fsp3) is 0.393. The Labute approximate surface area is 256 Å². The summed E-state index contributed by atoms with van der Waals surface area (Å²) in [6.45, 7) is 0.865. The van der Waals surface area contributed by atoms with Crippen molar-refractivity contribution in [3.8, 4) is 5.75 Å². The second kappa shape index (κ2) is 14.3. The zero-order valence-corrected chi connectivity index (χ0v) is 25.0. The highest BCUT2D eigenvalue weighted by Gasteiger charge is 2.41. The molecule has 2 N–H and O–H groups in total. The van der Waals surface area contributed by atoms with Gasteiger partial charge in [-0.05, 0) is 24.3 Å². The van der Waals surface area contributed by atoms with Crippen molar-refractivity contribution in [2.24, 2.45) is 7.05 Å². The van der Waals surface area contributed by atoms with E-state index in [9.17, 15) is 45.1 Å². The maximum Gasteiger partial charge on any atom is 0.573 e. The van der Waals surface area contributed by atoms with Crippen LogP contribution < -0.4 is 4.74 Å². The van der Waals surface area contributed by atoms with Crippen LogP contribution >= 0.6 is 0 Å². The molecule has 1 aliphatic rings. The molecule has 45 heavy (non-hydrogen) atoms. The number of piperazine rings is 1. The number of carboxylic acids is 1. The SMILES string of the molecule is CCC(F)(F)c1ccc(C[NH-])cc1.Cn1cnc(CC(=O)N2CCN(S(=O)(=O)c3ccc(OC(F)(F)F)cc3)[C@@H](C(=O)O)C2)c1. The summed E-state index contributed by atoms with van der Waals surface area (Å²) in [5, 5.41) is 9.58. The minimum atomic E-state index is -4.94. The number of aryl methyl sites for hydroxylation is 1. The first-order chi connectivity index (χ1) is 21.0. The number of ether oxygens (including phenoxy) is 1. The van der Waals surface area contributed by atoms with Crippen LogP contribution in [-0.4, -0.2) is 76.2 Å². The fourth-order valence-electron chi connectivity index (χ4n) is 4.33. The quantitative estimate of drug-likeness (QED) is 0.331. The molecule has 1 atom stereocenters. The molecule has 0 saturated carbocycles. The standard InChI is InChI=1S/C18H19F3N4O6S.C10H12F2N/c1-23-9-12(22-11-23)8-16(26)24-6-7-25(15(10-24)17(27)28)32(29,30)14-4-2-13(3-5-14)31-18(19,20)21;1-2-10(11,12)9-5-3-8(7-13)4-6-9/h2-5,9,11,15H,6-8,10H2,1H3,(H,27,28);3-6,13H,2,7H2,1H3/q;-1/t15-;/m1./s1. The summed E-state index contributed by atoms with van der Waals surface area (Å²) in [6.07, 6.45) is -2.04. The number of carbonyl (C=O) groups excluding carboxylic acids is 1. The normalized spacial score (nSPS) is 16.1. The highest BCUT2D eigenvalue weighted by molar-refractivity contribution is 7.89. The maximum absolute atomic E-state index is 13.1. The van der Waals surface area contributed by atoms with Crippen LogP contribution in [0.1, 0.15) is 30.2 Å². The van der Waals surface area contributed by atoms with Crippen LogP contribution in [0.4, 0.5) is 22.0 Å². The van der Waals surface area contributed by atoms with E-state index in [1.165, 1.54) is 30.3 Å². The van der Waals surface area contributed by atoms with Crippen molar-refractivity contribution in [1.82, 2.24) is 18.8 Å². The summed E-state index contributed by atoms with van der Waals surface area (Å²) >= 11 is 0. The summed E-state index contributed by atoms with van der Waals surface area (Å²) in [4.78, 5) is 29.2. The van der Waals surface area contributed by atoms with Gasteiger partial charge in [-0.1, -0.05) is 36.8 Å². The van der Waals surface area contributed by atoms with Gasteiger partial charge in [-0.15, -0.1) is 19.7 Å². The molecule has 0 aliphatic carbocycles. The van der Waals surface area contributed by atoms with Crippen molar-refractivity contribution in [2.45, 2.75) is 49.5 Å². The number of rotatable bonds is 9. The molecular weight excluding hydrogens is 629 g/mol. The molecule has 3 aromatic rings. The number of imidazole rings is 1. The predicted molar refractivity (Wildman–Crippen MR) is 151 cm³/mol. The summed E-state index contributed by atoms with van der Waals surface area (Å²) < 4.78 is 95.0.